The molecular weight excluding hydrogens is 338 g/mol. The van der Waals surface area contributed by atoms with Gasteiger partial charge in [0.25, 0.3) is 0 Å². The Morgan fingerprint density at radius 2 is 2.32 bits per heavy atom. The predicted octanol–water partition coefficient (Wildman–Crippen LogP) is 3.40. The Balaban J connectivity index is 1.95. The van der Waals surface area contributed by atoms with Crippen molar-refractivity contribution in [2.75, 3.05) is 18.7 Å². The Kier molecular flexibility index (Phi) is 5.23. The number of benzene rings is 1. The van der Waals surface area contributed by atoms with Crippen LogP contribution in [0.4, 0.5) is 5.82 Å². The fourth-order valence-corrected chi connectivity index (χ4v) is 3.35. The highest BCUT2D eigenvalue weighted by atomic mass is 32.2. The molecule has 2 aromatic rings. The van der Waals surface area contributed by atoms with Gasteiger partial charge in [0.1, 0.15) is 11.6 Å². The van der Waals surface area contributed by atoms with Gasteiger partial charge < -0.3 is 15.2 Å². The van der Waals surface area contributed by atoms with Gasteiger partial charge in [0.15, 0.2) is 5.16 Å². The van der Waals surface area contributed by atoms with E-state index in [1.807, 2.05) is 18.4 Å². The van der Waals surface area contributed by atoms with Crippen LogP contribution in [0.2, 0.25) is 0 Å². The number of ether oxygens (including phenoxy) is 1. The molecule has 6 nitrogen and oxygen atoms in total. The van der Waals surface area contributed by atoms with Gasteiger partial charge in [-0.1, -0.05) is 23.9 Å². The maximum Gasteiger partial charge on any atom is 0.328 e. The fraction of sp³-hybridized carbons (Fsp3) is 0.278. The van der Waals surface area contributed by atoms with Crippen LogP contribution in [0.5, 0.6) is 5.75 Å². The molecule has 0 spiro atoms. The normalized spacial score (nSPS) is 16.0. The SMILES string of the molecule is COc1cccc2c1C(Nc1nc(SC)ncc1/C=C/C(=O)O)CC2. The molecule has 0 saturated carbocycles. The third-order valence-electron chi connectivity index (χ3n) is 4.12. The van der Waals surface area contributed by atoms with Crippen molar-refractivity contribution in [1.82, 2.24) is 9.97 Å². The first-order valence-electron chi connectivity index (χ1n) is 7.86. The van der Waals surface area contributed by atoms with E-state index in [9.17, 15) is 4.79 Å². The first kappa shape index (κ1) is 17.3. The van der Waals surface area contributed by atoms with Crippen molar-refractivity contribution >= 4 is 29.6 Å². The second-order valence-electron chi connectivity index (χ2n) is 5.60. The van der Waals surface area contributed by atoms with Crippen LogP contribution in [-0.4, -0.2) is 34.4 Å². The molecule has 1 atom stereocenters. The summed E-state index contributed by atoms with van der Waals surface area (Å²) in [7, 11) is 1.67. The molecule has 3 rings (SSSR count). The van der Waals surface area contributed by atoms with Crippen molar-refractivity contribution in [3.63, 3.8) is 0 Å². The summed E-state index contributed by atoms with van der Waals surface area (Å²) in [6, 6.07) is 6.13. The lowest BCUT2D eigenvalue weighted by atomic mass is 10.1. The second-order valence-corrected chi connectivity index (χ2v) is 6.37. The van der Waals surface area contributed by atoms with Crippen LogP contribution in [-0.2, 0) is 11.2 Å². The molecule has 1 unspecified atom stereocenters. The molecular formula is C18H19N3O3S. The number of carboxylic acids is 1. The number of aliphatic carboxylic acids is 1. The summed E-state index contributed by atoms with van der Waals surface area (Å²) in [4.78, 5) is 19.6. The zero-order chi connectivity index (χ0) is 17.8. The summed E-state index contributed by atoms with van der Waals surface area (Å²) < 4.78 is 5.51. The van der Waals surface area contributed by atoms with Gasteiger partial charge in [-0.2, -0.15) is 0 Å². The minimum absolute atomic E-state index is 0.0627. The van der Waals surface area contributed by atoms with Gasteiger partial charge in [-0.25, -0.2) is 14.8 Å². The van der Waals surface area contributed by atoms with E-state index in [2.05, 4.69) is 21.4 Å². The Morgan fingerprint density at radius 1 is 1.48 bits per heavy atom. The monoisotopic (exact) mass is 357 g/mol. The lowest BCUT2D eigenvalue weighted by molar-refractivity contribution is -0.131. The van der Waals surface area contributed by atoms with E-state index in [0.717, 1.165) is 30.2 Å². The highest BCUT2D eigenvalue weighted by Crippen LogP contribution is 2.40. The average molecular weight is 357 g/mol. The van der Waals surface area contributed by atoms with E-state index in [0.29, 0.717) is 16.5 Å². The summed E-state index contributed by atoms with van der Waals surface area (Å²) in [5.41, 5.74) is 3.05. The smallest absolute Gasteiger partial charge is 0.328 e. The highest BCUT2D eigenvalue weighted by molar-refractivity contribution is 7.98. The molecule has 130 valence electrons. The maximum atomic E-state index is 10.8. The topological polar surface area (TPSA) is 84.3 Å². The quantitative estimate of drug-likeness (QED) is 0.465. The predicted molar refractivity (Wildman–Crippen MR) is 98.2 cm³/mol. The number of carbonyl (C=O) groups is 1. The Hall–Kier alpha value is -2.54. The van der Waals surface area contributed by atoms with Crippen molar-refractivity contribution in [3.8, 4) is 5.75 Å². The molecule has 0 fully saturated rings. The molecule has 0 aliphatic heterocycles. The van der Waals surface area contributed by atoms with Gasteiger partial charge in [-0.3, -0.25) is 0 Å². The van der Waals surface area contributed by atoms with Gasteiger partial charge in [-0.05, 0) is 36.8 Å². The summed E-state index contributed by atoms with van der Waals surface area (Å²) in [6.45, 7) is 0. The van der Waals surface area contributed by atoms with E-state index in [1.165, 1.54) is 23.4 Å². The van der Waals surface area contributed by atoms with Gasteiger partial charge in [0, 0.05) is 23.4 Å². The Labute approximate surface area is 150 Å². The van der Waals surface area contributed by atoms with Crippen LogP contribution in [0.25, 0.3) is 6.08 Å². The Morgan fingerprint density at radius 3 is 3.04 bits per heavy atom. The maximum absolute atomic E-state index is 10.8. The van der Waals surface area contributed by atoms with E-state index >= 15 is 0 Å². The molecule has 1 aromatic carbocycles. The number of carboxylic acid groups (broad SMARTS) is 1. The number of hydrogen-bond acceptors (Lipinski definition) is 6. The van der Waals surface area contributed by atoms with Crippen molar-refractivity contribution in [2.45, 2.75) is 24.0 Å². The first-order valence-corrected chi connectivity index (χ1v) is 9.09. The molecule has 1 aliphatic carbocycles. The van der Waals surface area contributed by atoms with Gasteiger partial charge in [-0.15, -0.1) is 0 Å². The lowest BCUT2D eigenvalue weighted by Gasteiger charge is -2.19. The minimum Gasteiger partial charge on any atom is -0.496 e. The molecule has 1 aromatic heterocycles. The Bertz CT molecular complexity index is 823. The van der Waals surface area contributed by atoms with E-state index in [4.69, 9.17) is 9.84 Å². The third-order valence-corrected chi connectivity index (χ3v) is 4.68. The lowest BCUT2D eigenvalue weighted by Crippen LogP contribution is -2.11. The molecule has 0 amide bonds. The molecule has 2 N–H and O–H groups in total. The number of aryl methyl sites for hydroxylation is 1. The van der Waals surface area contributed by atoms with Crippen molar-refractivity contribution in [1.29, 1.82) is 0 Å². The van der Waals surface area contributed by atoms with Crippen molar-refractivity contribution < 1.29 is 14.6 Å². The zero-order valence-corrected chi connectivity index (χ0v) is 14.8. The number of thioether (sulfide) groups is 1. The summed E-state index contributed by atoms with van der Waals surface area (Å²) in [6.07, 6.45) is 8.03. The highest BCUT2D eigenvalue weighted by Gasteiger charge is 2.26. The molecule has 7 heteroatoms. The first-order chi connectivity index (χ1) is 12.1. The van der Waals surface area contributed by atoms with Crippen molar-refractivity contribution in [3.05, 3.63) is 47.2 Å². The van der Waals surface area contributed by atoms with Crippen LogP contribution < -0.4 is 10.1 Å². The minimum atomic E-state index is -1.01. The van der Waals surface area contributed by atoms with E-state index in [-0.39, 0.29) is 6.04 Å². The standard InChI is InChI=1S/C18H19N3O3S/c1-24-14-5-3-4-11-6-8-13(16(11)14)20-17-12(7-9-15(22)23)10-19-18(21-17)25-2/h3-5,7,9-10,13H,6,8H2,1-2H3,(H,22,23)(H,19,20,21)/b9-7+. The van der Waals surface area contributed by atoms with Crippen LogP contribution in [0.3, 0.4) is 0 Å². The number of nitrogens with one attached hydrogen (secondary N) is 1. The number of nitrogens with zero attached hydrogens (tertiary/aromatic N) is 2. The fourth-order valence-electron chi connectivity index (χ4n) is 3.01. The number of hydrogen-bond donors (Lipinski definition) is 2. The number of methoxy groups -OCH3 is 1. The van der Waals surface area contributed by atoms with Crippen LogP contribution in [0.15, 0.2) is 35.6 Å². The van der Waals surface area contributed by atoms with E-state index in [1.54, 1.807) is 13.3 Å². The van der Waals surface area contributed by atoms with Crippen LogP contribution >= 0.6 is 11.8 Å². The van der Waals surface area contributed by atoms with Gasteiger partial charge >= 0.3 is 5.97 Å². The van der Waals surface area contributed by atoms with Gasteiger partial charge in [0.2, 0.25) is 0 Å². The van der Waals surface area contributed by atoms with Gasteiger partial charge in [0.05, 0.1) is 13.2 Å². The molecule has 25 heavy (non-hydrogen) atoms. The van der Waals surface area contributed by atoms with Crippen molar-refractivity contribution in [2.24, 2.45) is 0 Å². The molecule has 1 heterocycles. The number of rotatable bonds is 6. The second kappa shape index (κ2) is 7.57. The molecule has 1 aliphatic rings. The largest absolute Gasteiger partial charge is 0.496 e. The average Bonchev–Trinajstić information content (AvgIpc) is 3.03. The number of aromatic nitrogens is 2. The summed E-state index contributed by atoms with van der Waals surface area (Å²) in [5, 5.41) is 13.0. The van der Waals surface area contributed by atoms with Crippen LogP contribution in [0, 0.1) is 0 Å². The molecule has 0 saturated heterocycles. The summed E-state index contributed by atoms with van der Waals surface area (Å²) in [5.74, 6) is 0.475. The van der Waals surface area contributed by atoms with Crippen LogP contribution in [0.1, 0.15) is 29.2 Å². The molecule has 0 radical (unpaired) electrons. The molecule has 0 bridgehead atoms. The third kappa shape index (κ3) is 3.76. The zero-order valence-electron chi connectivity index (χ0n) is 14.0. The summed E-state index contributed by atoms with van der Waals surface area (Å²) >= 11 is 1.44. The van der Waals surface area contributed by atoms with E-state index < -0.39 is 5.97 Å². The number of fused-ring (bicyclic) bond motifs is 1. The number of anilines is 1.